The van der Waals surface area contributed by atoms with E-state index in [1.807, 2.05) is 6.08 Å². The summed E-state index contributed by atoms with van der Waals surface area (Å²) in [6, 6.07) is 0. The molecule has 2 N–H and O–H groups in total. The number of rotatable bonds is 16. The molecule has 0 fully saturated rings. The van der Waals surface area contributed by atoms with Gasteiger partial charge >= 0.3 is 57.4 Å². The Morgan fingerprint density at radius 1 is 0.833 bits per heavy atom. The van der Waals surface area contributed by atoms with Crippen LogP contribution in [-0.2, 0) is 9.53 Å². The van der Waals surface area contributed by atoms with Crippen molar-refractivity contribution in [1.29, 1.82) is 0 Å². The number of hydrogen-bond donors (Lipinski definition) is 1. The van der Waals surface area contributed by atoms with Gasteiger partial charge in [0.25, 0.3) is 0 Å². The van der Waals surface area contributed by atoms with Gasteiger partial charge in [0, 0.05) is 6.92 Å². The van der Waals surface area contributed by atoms with Crippen LogP contribution in [0.3, 0.4) is 0 Å². The zero-order valence-corrected chi connectivity index (χ0v) is 19.7. The monoisotopic (exact) mass is 365 g/mol. The van der Waals surface area contributed by atoms with Gasteiger partial charge in [0.2, 0.25) is 0 Å². The normalized spacial score (nSPS) is 11.2. The Morgan fingerprint density at radius 2 is 1.21 bits per heavy atom. The maximum atomic E-state index is 10.7. The summed E-state index contributed by atoms with van der Waals surface area (Å²) in [4.78, 5) is 10.7. The van der Waals surface area contributed by atoms with Gasteiger partial charge in [-0.25, -0.2) is 0 Å². The molecule has 0 rings (SSSR count). The molecule has 0 aliphatic carbocycles. The molecule has 0 saturated carbocycles. The van der Waals surface area contributed by atoms with Crippen LogP contribution in [0.1, 0.15) is 112 Å². The van der Waals surface area contributed by atoms with Crippen molar-refractivity contribution >= 4 is 5.97 Å². The summed E-state index contributed by atoms with van der Waals surface area (Å²) in [5.41, 5.74) is 5.55. The number of ether oxygens (including phenoxy) is 1. The third-order valence-electron chi connectivity index (χ3n) is 4.16. The summed E-state index contributed by atoms with van der Waals surface area (Å²) >= 11 is 0. The largest absolute Gasteiger partial charge is 1.00 e. The molecule has 0 saturated heterocycles. The van der Waals surface area contributed by atoms with Crippen LogP contribution in [0.4, 0.5) is 0 Å². The minimum Gasteiger partial charge on any atom is -1.00 e. The number of carbonyl (C=O) groups excluding carboxylic acids is 1. The third-order valence-corrected chi connectivity index (χ3v) is 4.16. The standard InChI is InChI=1S/C20H39NO2.K.H/c1-3-4-5-6-7-8-9-10-11-12-13-14-15-16-17-18-20(21)23-19(2)22;;/h18H,3-17,21H2,1-2H3;;/q;+1;-1. The van der Waals surface area contributed by atoms with Crippen LogP contribution in [0, 0.1) is 0 Å². The number of nitrogens with two attached hydrogens (primary N) is 1. The van der Waals surface area contributed by atoms with E-state index in [1.165, 1.54) is 90.4 Å². The van der Waals surface area contributed by atoms with Gasteiger partial charge in [0.15, 0.2) is 5.88 Å². The van der Waals surface area contributed by atoms with E-state index >= 15 is 0 Å². The van der Waals surface area contributed by atoms with Crippen molar-refractivity contribution in [3.63, 3.8) is 0 Å². The van der Waals surface area contributed by atoms with Crippen LogP contribution in [-0.4, -0.2) is 5.97 Å². The van der Waals surface area contributed by atoms with Gasteiger partial charge in [-0.3, -0.25) is 4.79 Å². The summed E-state index contributed by atoms with van der Waals surface area (Å²) in [5, 5.41) is 0. The Labute approximate surface area is 194 Å². The second kappa shape index (κ2) is 21.7. The molecule has 24 heavy (non-hydrogen) atoms. The van der Waals surface area contributed by atoms with E-state index in [0.717, 1.165) is 12.8 Å². The molecule has 3 nitrogen and oxygen atoms in total. The Morgan fingerprint density at radius 3 is 1.58 bits per heavy atom. The second-order valence-electron chi connectivity index (χ2n) is 6.59. The Bertz CT molecular complexity index is 312. The number of esters is 1. The minimum atomic E-state index is -0.347. The Hall–Kier alpha value is 0.646. The van der Waals surface area contributed by atoms with Gasteiger partial charge in [-0.1, -0.05) is 90.4 Å². The maximum Gasteiger partial charge on any atom is 1.00 e. The molecule has 0 spiro atoms. The number of unbranched alkanes of at least 4 members (excludes halogenated alkanes) is 14. The summed E-state index contributed by atoms with van der Waals surface area (Å²) in [5.74, 6) is -0.105. The molecule has 0 radical (unpaired) electrons. The van der Waals surface area contributed by atoms with Crippen LogP contribution in [0.25, 0.3) is 0 Å². The van der Waals surface area contributed by atoms with E-state index < -0.39 is 0 Å². The molecule has 0 aromatic heterocycles. The van der Waals surface area contributed by atoms with E-state index in [1.54, 1.807) is 0 Å². The van der Waals surface area contributed by atoms with E-state index in [2.05, 4.69) is 6.92 Å². The van der Waals surface area contributed by atoms with Crippen molar-refractivity contribution in [2.24, 2.45) is 5.73 Å². The minimum absolute atomic E-state index is 0. The van der Waals surface area contributed by atoms with E-state index in [9.17, 15) is 4.79 Å². The van der Waals surface area contributed by atoms with Crippen molar-refractivity contribution in [3.8, 4) is 0 Å². The maximum absolute atomic E-state index is 10.7. The van der Waals surface area contributed by atoms with Gasteiger partial charge in [-0.15, -0.1) is 0 Å². The van der Waals surface area contributed by atoms with E-state index in [4.69, 9.17) is 10.5 Å². The van der Waals surface area contributed by atoms with Crippen molar-refractivity contribution in [2.75, 3.05) is 0 Å². The molecule has 4 heteroatoms. The fourth-order valence-electron chi connectivity index (χ4n) is 2.79. The molecule has 0 aliphatic rings. The first-order valence-corrected chi connectivity index (χ1v) is 9.81. The molecule has 0 unspecified atom stereocenters. The smallest absolute Gasteiger partial charge is 1.00 e. The van der Waals surface area contributed by atoms with Gasteiger partial charge in [-0.2, -0.15) is 0 Å². The molecular formula is C20H40KNO2. The molecule has 0 amide bonds. The number of allylic oxidation sites excluding steroid dienone is 1. The molecule has 0 atom stereocenters. The van der Waals surface area contributed by atoms with Crippen molar-refractivity contribution in [3.05, 3.63) is 12.0 Å². The topological polar surface area (TPSA) is 52.3 Å². The molecule has 138 valence electrons. The average Bonchev–Trinajstić information content (AvgIpc) is 2.50. The zero-order valence-electron chi connectivity index (χ0n) is 17.6. The molecule has 0 aromatic carbocycles. The number of carbonyl (C=O) groups is 1. The summed E-state index contributed by atoms with van der Waals surface area (Å²) in [6.45, 7) is 3.64. The predicted molar refractivity (Wildman–Crippen MR) is 100 cm³/mol. The van der Waals surface area contributed by atoms with Crippen LogP contribution in [0.5, 0.6) is 0 Å². The molecular weight excluding hydrogens is 325 g/mol. The zero-order chi connectivity index (χ0) is 17.2. The summed E-state index contributed by atoms with van der Waals surface area (Å²) in [6.07, 6.45) is 21.8. The van der Waals surface area contributed by atoms with Crippen LogP contribution < -0.4 is 57.1 Å². The van der Waals surface area contributed by atoms with Crippen LogP contribution in [0.15, 0.2) is 12.0 Å². The Balaban J connectivity index is -0.00000242. The first-order valence-electron chi connectivity index (χ1n) is 9.81. The summed E-state index contributed by atoms with van der Waals surface area (Å²) < 4.78 is 4.77. The van der Waals surface area contributed by atoms with E-state index in [-0.39, 0.29) is 64.7 Å². The van der Waals surface area contributed by atoms with Gasteiger partial charge < -0.3 is 11.9 Å². The molecule has 0 aliphatic heterocycles. The average molecular weight is 366 g/mol. The number of hydrogen-bond acceptors (Lipinski definition) is 3. The van der Waals surface area contributed by atoms with Gasteiger partial charge in [0.05, 0.1) is 0 Å². The predicted octanol–water partition coefficient (Wildman–Crippen LogP) is 3.34. The van der Waals surface area contributed by atoms with Gasteiger partial charge in [-0.05, 0) is 18.9 Å². The Kier molecular flexibility index (Phi) is 24.3. The molecule has 0 bridgehead atoms. The summed E-state index contributed by atoms with van der Waals surface area (Å²) in [7, 11) is 0. The first-order chi connectivity index (χ1) is 11.2. The van der Waals surface area contributed by atoms with Crippen molar-refractivity contribution in [2.45, 2.75) is 110 Å². The van der Waals surface area contributed by atoms with Crippen LogP contribution in [0.2, 0.25) is 0 Å². The van der Waals surface area contributed by atoms with E-state index in [0.29, 0.717) is 0 Å². The quantitative estimate of drug-likeness (QED) is 0.197. The van der Waals surface area contributed by atoms with Crippen molar-refractivity contribution in [1.82, 2.24) is 0 Å². The fraction of sp³-hybridized carbons (Fsp3) is 0.850. The third kappa shape index (κ3) is 22.6. The molecule has 0 heterocycles. The second-order valence-corrected chi connectivity index (χ2v) is 6.59. The van der Waals surface area contributed by atoms with Crippen LogP contribution >= 0.6 is 0 Å². The van der Waals surface area contributed by atoms with Crippen molar-refractivity contribution < 1.29 is 62.3 Å². The first kappa shape index (κ1) is 26.9. The molecule has 0 aromatic rings. The van der Waals surface area contributed by atoms with Gasteiger partial charge in [0.1, 0.15) is 0 Å². The fourth-order valence-corrected chi connectivity index (χ4v) is 2.79. The SMILES string of the molecule is CCCCCCCCCCCCCCCCC=C(N)OC(C)=O.[H-].[K+].